The van der Waals surface area contributed by atoms with Crippen LogP contribution in [-0.2, 0) is 14.6 Å². The number of ether oxygens (including phenoxy) is 1. The summed E-state index contributed by atoms with van der Waals surface area (Å²) in [5.41, 5.74) is 0.157. The van der Waals surface area contributed by atoms with Crippen molar-refractivity contribution in [3.63, 3.8) is 0 Å². The van der Waals surface area contributed by atoms with E-state index < -0.39 is 15.3 Å². The van der Waals surface area contributed by atoms with Crippen molar-refractivity contribution in [2.45, 2.75) is 16.4 Å². The van der Waals surface area contributed by atoms with E-state index in [4.69, 9.17) is 4.74 Å². The van der Waals surface area contributed by atoms with Gasteiger partial charge in [-0.3, -0.25) is 0 Å². The van der Waals surface area contributed by atoms with Crippen molar-refractivity contribution in [1.29, 1.82) is 0 Å². The lowest BCUT2D eigenvalue weighted by Gasteiger charge is -2.00. The van der Waals surface area contributed by atoms with E-state index in [9.17, 15) is 8.42 Å². The molecule has 18 heavy (non-hydrogen) atoms. The second-order valence-electron chi connectivity index (χ2n) is 4.19. The molecule has 4 heteroatoms. The third-order valence-corrected chi connectivity index (χ3v) is 4.86. The Balaban J connectivity index is 1.87. The molecule has 0 saturated carbocycles. The highest BCUT2D eigenvalue weighted by Crippen LogP contribution is 2.44. The Labute approximate surface area is 106 Å². The monoisotopic (exact) mass is 260 g/mol. The predicted molar refractivity (Wildman–Crippen MR) is 67.7 cm³/mol. The van der Waals surface area contributed by atoms with Crippen LogP contribution in [0.2, 0.25) is 0 Å². The van der Waals surface area contributed by atoms with E-state index in [1.54, 1.807) is 30.3 Å². The summed E-state index contributed by atoms with van der Waals surface area (Å²) in [5, 5.41) is 0. The molecule has 3 nitrogen and oxygen atoms in total. The summed E-state index contributed by atoms with van der Waals surface area (Å²) in [6, 6.07) is 17.8. The number of hydrogen-bond donors (Lipinski definition) is 0. The SMILES string of the molecule is O=S(=O)(c1ccccc1)[C@@H]1OC1c1ccccc1. The van der Waals surface area contributed by atoms with Crippen molar-refractivity contribution in [2.75, 3.05) is 0 Å². The Morgan fingerprint density at radius 3 is 2.00 bits per heavy atom. The van der Waals surface area contributed by atoms with Crippen molar-refractivity contribution in [1.82, 2.24) is 0 Å². The van der Waals surface area contributed by atoms with Crippen molar-refractivity contribution in [3.05, 3.63) is 66.2 Å². The van der Waals surface area contributed by atoms with E-state index in [0.717, 1.165) is 5.56 Å². The van der Waals surface area contributed by atoms with E-state index in [2.05, 4.69) is 0 Å². The Hall–Kier alpha value is -1.65. The predicted octanol–water partition coefficient (Wildman–Crippen LogP) is 2.56. The van der Waals surface area contributed by atoms with Crippen LogP contribution in [0, 0.1) is 0 Å². The van der Waals surface area contributed by atoms with Gasteiger partial charge in [0.2, 0.25) is 9.84 Å². The number of benzene rings is 2. The quantitative estimate of drug-likeness (QED) is 0.797. The molecule has 0 spiro atoms. The fourth-order valence-corrected chi connectivity index (χ4v) is 3.51. The molecule has 1 aliphatic heterocycles. The minimum Gasteiger partial charge on any atom is -0.347 e. The van der Waals surface area contributed by atoms with Crippen LogP contribution < -0.4 is 0 Å². The van der Waals surface area contributed by atoms with Gasteiger partial charge in [0.25, 0.3) is 0 Å². The fourth-order valence-electron chi connectivity index (χ4n) is 1.96. The summed E-state index contributed by atoms with van der Waals surface area (Å²) < 4.78 is 29.8. The average molecular weight is 260 g/mol. The third-order valence-electron chi connectivity index (χ3n) is 2.96. The van der Waals surface area contributed by atoms with Gasteiger partial charge in [-0.05, 0) is 17.7 Å². The molecule has 2 aromatic carbocycles. The Kier molecular flexibility index (Phi) is 2.69. The van der Waals surface area contributed by atoms with E-state index >= 15 is 0 Å². The van der Waals surface area contributed by atoms with Crippen LogP contribution in [0.3, 0.4) is 0 Å². The maximum atomic E-state index is 12.3. The zero-order valence-electron chi connectivity index (χ0n) is 9.56. The Morgan fingerprint density at radius 1 is 0.833 bits per heavy atom. The molecular weight excluding hydrogens is 248 g/mol. The van der Waals surface area contributed by atoms with Gasteiger partial charge in [-0.2, -0.15) is 0 Å². The largest absolute Gasteiger partial charge is 0.347 e. The van der Waals surface area contributed by atoms with Crippen LogP contribution in [0.15, 0.2) is 65.6 Å². The lowest BCUT2D eigenvalue weighted by molar-refractivity contribution is 0.399. The normalized spacial score (nSPS) is 22.7. The smallest absolute Gasteiger partial charge is 0.208 e. The van der Waals surface area contributed by atoms with E-state index in [1.165, 1.54) is 0 Å². The molecule has 0 radical (unpaired) electrons. The van der Waals surface area contributed by atoms with Crippen molar-refractivity contribution >= 4 is 9.84 Å². The second-order valence-corrected chi connectivity index (χ2v) is 6.22. The van der Waals surface area contributed by atoms with Gasteiger partial charge in [-0.25, -0.2) is 8.42 Å². The lowest BCUT2D eigenvalue weighted by atomic mass is 10.2. The van der Waals surface area contributed by atoms with Gasteiger partial charge >= 0.3 is 0 Å². The molecule has 2 aromatic rings. The molecule has 92 valence electrons. The number of sulfone groups is 1. The molecule has 1 heterocycles. The molecule has 1 saturated heterocycles. The van der Waals surface area contributed by atoms with Crippen LogP contribution in [0.25, 0.3) is 0 Å². The highest BCUT2D eigenvalue weighted by molar-refractivity contribution is 7.92. The van der Waals surface area contributed by atoms with Gasteiger partial charge in [-0.15, -0.1) is 0 Å². The molecule has 2 atom stereocenters. The summed E-state index contributed by atoms with van der Waals surface area (Å²) >= 11 is 0. The van der Waals surface area contributed by atoms with Gasteiger partial charge in [0.05, 0.1) is 4.90 Å². The van der Waals surface area contributed by atoms with Crippen molar-refractivity contribution < 1.29 is 13.2 Å². The van der Waals surface area contributed by atoms with Crippen LogP contribution >= 0.6 is 0 Å². The Morgan fingerprint density at radius 2 is 1.39 bits per heavy atom. The van der Waals surface area contributed by atoms with Crippen LogP contribution in [0.5, 0.6) is 0 Å². The summed E-state index contributed by atoms with van der Waals surface area (Å²) in [6.07, 6.45) is -0.337. The van der Waals surface area contributed by atoms with Crippen molar-refractivity contribution in [3.8, 4) is 0 Å². The highest BCUT2D eigenvalue weighted by Gasteiger charge is 2.50. The van der Waals surface area contributed by atoms with E-state index in [0.29, 0.717) is 4.90 Å². The molecule has 1 fully saturated rings. The zero-order chi connectivity index (χ0) is 12.6. The molecule has 1 aliphatic rings. The number of hydrogen-bond acceptors (Lipinski definition) is 3. The van der Waals surface area contributed by atoms with E-state index in [1.807, 2.05) is 30.3 Å². The van der Waals surface area contributed by atoms with Gasteiger partial charge in [0.15, 0.2) is 5.44 Å². The van der Waals surface area contributed by atoms with Crippen molar-refractivity contribution in [2.24, 2.45) is 0 Å². The first kappa shape index (κ1) is 11.4. The van der Waals surface area contributed by atoms with Crippen LogP contribution in [-0.4, -0.2) is 13.9 Å². The molecule has 0 bridgehead atoms. The average Bonchev–Trinajstić information content (AvgIpc) is 3.22. The minimum atomic E-state index is -3.39. The molecule has 0 N–H and O–H groups in total. The zero-order valence-corrected chi connectivity index (χ0v) is 10.4. The maximum absolute atomic E-state index is 12.3. The van der Waals surface area contributed by atoms with E-state index in [-0.39, 0.29) is 6.10 Å². The topological polar surface area (TPSA) is 46.7 Å². The maximum Gasteiger partial charge on any atom is 0.208 e. The number of rotatable bonds is 3. The lowest BCUT2D eigenvalue weighted by Crippen LogP contribution is -2.09. The van der Waals surface area contributed by atoms with Crippen LogP contribution in [0.4, 0.5) is 0 Å². The summed E-state index contributed by atoms with van der Waals surface area (Å²) in [6.45, 7) is 0. The Bertz CT molecular complexity index is 635. The highest BCUT2D eigenvalue weighted by atomic mass is 32.2. The standard InChI is InChI=1S/C14H12O3S/c15-18(16,12-9-5-2-6-10-12)14-13(17-14)11-7-3-1-4-8-11/h1-10,13-14H/t13?,14-/m0/s1. The molecule has 0 aromatic heterocycles. The molecular formula is C14H12O3S. The first-order valence-electron chi connectivity index (χ1n) is 5.69. The summed E-state index contributed by atoms with van der Waals surface area (Å²) in [7, 11) is -3.39. The third kappa shape index (κ3) is 1.94. The first-order valence-corrected chi connectivity index (χ1v) is 7.23. The molecule has 0 amide bonds. The molecule has 1 unspecified atom stereocenters. The summed E-state index contributed by atoms with van der Waals surface area (Å²) in [4.78, 5) is 0.313. The van der Waals surface area contributed by atoms with Crippen LogP contribution in [0.1, 0.15) is 11.7 Å². The first-order chi connectivity index (χ1) is 8.69. The summed E-state index contributed by atoms with van der Waals surface area (Å²) in [5.74, 6) is 0. The fraction of sp³-hybridized carbons (Fsp3) is 0.143. The number of epoxide rings is 1. The van der Waals surface area contributed by atoms with Gasteiger partial charge in [0, 0.05) is 0 Å². The molecule has 3 rings (SSSR count). The van der Waals surface area contributed by atoms with Gasteiger partial charge in [0.1, 0.15) is 6.10 Å². The molecule has 0 aliphatic carbocycles. The minimum absolute atomic E-state index is 0.313. The van der Waals surface area contributed by atoms with Gasteiger partial charge in [-0.1, -0.05) is 48.5 Å². The second kappa shape index (κ2) is 4.23. The van der Waals surface area contributed by atoms with Gasteiger partial charge < -0.3 is 4.74 Å².